The summed E-state index contributed by atoms with van der Waals surface area (Å²) in [5.74, 6) is -0.0916. The van der Waals surface area contributed by atoms with Crippen LogP contribution < -0.4 is 16.0 Å². The van der Waals surface area contributed by atoms with E-state index < -0.39 is 0 Å². The lowest BCUT2D eigenvalue weighted by Crippen LogP contribution is -2.38. The number of fused-ring (bicyclic) bond motifs is 2. The van der Waals surface area contributed by atoms with E-state index in [4.69, 9.17) is 14.1 Å². The van der Waals surface area contributed by atoms with Crippen molar-refractivity contribution in [3.8, 4) is 28.7 Å². The van der Waals surface area contributed by atoms with Crippen LogP contribution in [0, 0.1) is 31.1 Å². The van der Waals surface area contributed by atoms with E-state index in [2.05, 4.69) is 32.0 Å². The Morgan fingerprint density at radius 2 is 1.84 bits per heavy atom. The Balaban J connectivity index is 1.01. The minimum absolute atomic E-state index is 0.0627. The fraction of sp³-hybridized carbons (Fsp3) is 0.381. The van der Waals surface area contributed by atoms with E-state index in [1.165, 1.54) is 7.11 Å². The van der Waals surface area contributed by atoms with Crippen molar-refractivity contribution < 1.29 is 23.5 Å². The van der Waals surface area contributed by atoms with Gasteiger partial charge in [-0.2, -0.15) is 10.4 Å². The van der Waals surface area contributed by atoms with Gasteiger partial charge in [0.1, 0.15) is 11.6 Å². The minimum atomic E-state index is -0.276. The molecule has 3 aliphatic rings. The van der Waals surface area contributed by atoms with Crippen molar-refractivity contribution >= 4 is 34.6 Å². The summed E-state index contributed by atoms with van der Waals surface area (Å²) in [4.78, 5) is 44.4. The maximum absolute atomic E-state index is 13.6. The first kappa shape index (κ1) is 36.2. The summed E-state index contributed by atoms with van der Waals surface area (Å²) in [5.41, 5.74) is 8.99. The van der Waals surface area contributed by atoms with Crippen LogP contribution in [-0.2, 0) is 27.4 Å². The van der Waals surface area contributed by atoms with Gasteiger partial charge in [-0.1, -0.05) is 24.3 Å². The predicted molar refractivity (Wildman–Crippen MR) is 206 cm³/mol. The fourth-order valence-corrected chi connectivity index (χ4v) is 8.30. The number of aryl methyl sites for hydroxylation is 1. The van der Waals surface area contributed by atoms with Crippen LogP contribution in [0.4, 0.5) is 5.69 Å². The maximum Gasteiger partial charge on any atom is 0.310 e. The molecule has 55 heavy (non-hydrogen) atoms. The Bertz CT molecular complexity index is 2360. The summed E-state index contributed by atoms with van der Waals surface area (Å²) in [7, 11) is 1.42. The molecule has 0 radical (unpaired) electrons. The van der Waals surface area contributed by atoms with E-state index in [9.17, 15) is 19.6 Å². The van der Waals surface area contributed by atoms with Gasteiger partial charge in [0.05, 0.1) is 24.3 Å². The molecule has 2 aromatic heterocycles. The average Bonchev–Trinajstić information content (AvgIpc) is 4.01. The van der Waals surface area contributed by atoms with E-state index in [1.807, 2.05) is 73.1 Å². The van der Waals surface area contributed by atoms with Gasteiger partial charge in [0.25, 0.3) is 5.91 Å². The largest absolute Gasteiger partial charge is 0.469 e. The lowest BCUT2D eigenvalue weighted by atomic mass is 9.93. The molecule has 2 amide bonds. The number of likely N-dealkylation sites (tertiary alicyclic amines) is 1. The number of aromatic nitrogens is 3. The average molecular weight is 741 g/mol. The van der Waals surface area contributed by atoms with Crippen LogP contribution in [0.15, 0.2) is 59.0 Å². The SMILES string of the molecule is COC(=O)[C@@H]1CCN(Cc2cc(C#N)c3oc(-c4cccc(-c5cccc(NC(=O)c6cc7n(n6)CCCC7NC[C@@H]6CCC(=O)N6)c5C)c4C)nc3c2)C1. The second-order valence-electron chi connectivity index (χ2n) is 14.9. The Kier molecular flexibility index (Phi) is 9.94. The molecule has 5 aromatic rings. The monoisotopic (exact) mass is 740 g/mol. The van der Waals surface area contributed by atoms with E-state index >= 15 is 0 Å². The number of amides is 2. The molecule has 0 bridgehead atoms. The van der Waals surface area contributed by atoms with Gasteiger partial charge in [0.2, 0.25) is 11.8 Å². The Hall–Kier alpha value is -5.84. The molecular formula is C42H44N8O5. The number of esters is 1. The number of hydrogen-bond donors (Lipinski definition) is 3. The standard InChI is InChI=1S/C42H44N8O5/c1-24-30(7-4-9-32(24)41-47-35-18-26(17-28(20-43)39(35)55-41)22-49-16-14-27(23-49)42(53)54-3)31-8-5-10-33(25(31)2)46-40(52)36-19-37-34(11-6-15-50(37)48-36)44-21-29-12-13-38(51)45-29/h4-5,7-10,17-19,27,29,34,44H,6,11-16,21-23H2,1-3H3,(H,45,51)(H,46,52)/t27-,29+,34?/m1/s1. The first-order valence-electron chi connectivity index (χ1n) is 18.9. The van der Waals surface area contributed by atoms with Gasteiger partial charge in [-0.3, -0.25) is 24.0 Å². The number of hydrogen-bond acceptors (Lipinski definition) is 10. The topological polar surface area (TPSA) is 167 Å². The zero-order valence-corrected chi connectivity index (χ0v) is 31.3. The summed E-state index contributed by atoms with van der Waals surface area (Å²) in [5, 5.41) is 24.4. The van der Waals surface area contributed by atoms with Crippen LogP contribution in [-0.4, -0.2) is 70.2 Å². The second kappa shape index (κ2) is 15.1. The molecule has 13 nitrogen and oxygen atoms in total. The Labute approximate surface area is 319 Å². The number of benzene rings is 3. The normalized spacial score (nSPS) is 19.6. The summed E-state index contributed by atoms with van der Waals surface area (Å²) < 4.78 is 13.1. The van der Waals surface area contributed by atoms with Crippen molar-refractivity contribution in [2.45, 2.75) is 71.1 Å². The van der Waals surface area contributed by atoms with E-state index in [1.54, 1.807) is 0 Å². The molecular weight excluding hydrogens is 697 g/mol. The van der Waals surface area contributed by atoms with E-state index in [0.717, 1.165) is 77.8 Å². The van der Waals surface area contributed by atoms with Crippen LogP contribution in [0.25, 0.3) is 33.7 Å². The number of carbonyl (C=O) groups excluding carboxylic acids is 3. The highest BCUT2D eigenvalue weighted by atomic mass is 16.5. The fourth-order valence-electron chi connectivity index (χ4n) is 8.30. The van der Waals surface area contributed by atoms with Crippen molar-refractivity contribution in [2.24, 2.45) is 5.92 Å². The van der Waals surface area contributed by atoms with Crippen molar-refractivity contribution in [3.05, 3.63) is 88.2 Å². The van der Waals surface area contributed by atoms with Gasteiger partial charge < -0.3 is 25.1 Å². The van der Waals surface area contributed by atoms with Gasteiger partial charge >= 0.3 is 5.97 Å². The third-order valence-electron chi connectivity index (χ3n) is 11.3. The number of anilines is 1. The number of ether oxygens (including phenoxy) is 1. The summed E-state index contributed by atoms with van der Waals surface area (Å²) in [6, 6.07) is 19.9. The number of rotatable bonds is 10. The van der Waals surface area contributed by atoms with Crippen molar-refractivity contribution in [2.75, 3.05) is 32.1 Å². The molecule has 5 heterocycles. The summed E-state index contributed by atoms with van der Waals surface area (Å²) in [6.45, 7) is 7.42. The Morgan fingerprint density at radius 1 is 1.04 bits per heavy atom. The molecule has 1 unspecified atom stereocenters. The molecule has 0 aliphatic carbocycles. The molecule has 3 aromatic carbocycles. The van der Waals surface area contributed by atoms with Crippen molar-refractivity contribution in [1.29, 1.82) is 5.26 Å². The molecule has 0 saturated carbocycles. The van der Waals surface area contributed by atoms with Crippen molar-refractivity contribution in [3.63, 3.8) is 0 Å². The van der Waals surface area contributed by atoms with Gasteiger partial charge in [-0.25, -0.2) is 4.98 Å². The predicted octanol–water partition coefficient (Wildman–Crippen LogP) is 5.80. The molecule has 0 spiro atoms. The molecule has 8 rings (SSSR count). The van der Waals surface area contributed by atoms with Crippen LogP contribution in [0.1, 0.15) is 76.6 Å². The lowest BCUT2D eigenvalue weighted by molar-refractivity contribution is -0.145. The smallest absolute Gasteiger partial charge is 0.310 e. The highest BCUT2D eigenvalue weighted by Gasteiger charge is 2.30. The molecule has 282 valence electrons. The number of oxazole rings is 1. The zero-order chi connectivity index (χ0) is 38.2. The van der Waals surface area contributed by atoms with E-state index in [0.29, 0.717) is 60.0 Å². The molecule has 3 atom stereocenters. The number of nitrogens with one attached hydrogen (secondary N) is 3. The quantitative estimate of drug-likeness (QED) is 0.149. The van der Waals surface area contributed by atoms with Gasteiger partial charge in [0, 0.05) is 55.9 Å². The van der Waals surface area contributed by atoms with Crippen LogP contribution >= 0.6 is 0 Å². The van der Waals surface area contributed by atoms with Gasteiger partial charge in [0.15, 0.2) is 11.3 Å². The summed E-state index contributed by atoms with van der Waals surface area (Å²) in [6.07, 6.45) is 4.03. The summed E-state index contributed by atoms with van der Waals surface area (Å²) >= 11 is 0. The number of nitrogens with zero attached hydrogens (tertiary/aromatic N) is 5. The number of carbonyl (C=O) groups is 3. The lowest BCUT2D eigenvalue weighted by Gasteiger charge is -2.25. The van der Waals surface area contributed by atoms with Crippen LogP contribution in [0.3, 0.4) is 0 Å². The molecule has 3 N–H and O–H groups in total. The molecule has 3 aliphatic heterocycles. The van der Waals surface area contributed by atoms with E-state index in [-0.39, 0.29) is 35.8 Å². The molecule has 2 saturated heterocycles. The Morgan fingerprint density at radius 3 is 2.62 bits per heavy atom. The second-order valence-corrected chi connectivity index (χ2v) is 14.9. The number of nitriles is 1. The highest BCUT2D eigenvalue weighted by Crippen LogP contribution is 2.37. The van der Waals surface area contributed by atoms with Gasteiger partial charge in [-0.15, -0.1) is 0 Å². The van der Waals surface area contributed by atoms with Crippen LogP contribution in [0.5, 0.6) is 0 Å². The zero-order valence-electron chi connectivity index (χ0n) is 31.3. The number of methoxy groups -OCH3 is 1. The third kappa shape index (κ3) is 7.23. The first-order valence-corrected chi connectivity index (χ1v) is 18.9. The van der Waals surface area contributed by atoms with Gasteiger partial charge in [-0.05, 0) is 104 Å². The molecule has 2 fully saturated rings. The minimum Gasteiger partial charge on any atom is -0.469 e. The first-order chi connectivity index (χ1) is 26.7. The van der Waals surface area contributed by atoms with Crippen LogP contribution in [0.2, 0.25) is 0 Å². The maximum atomic E-state index is 13.6. The highest BCUT2D eigenvalue weighted by molar-refractivity contribution is 6.04. The van der Waals surface area contributed by atoms with Crippen molar-refractivity contribution in [1.82, 2.24) is 30.3 Å². The molecule has 13 heteroatoms. The third-order valence-corrected chi connectivity index (χ3v) is 11.3.